The number of aryl methyl sites for hydroxylation is 1. The lowest BCUT2D eigenvalue weighted by molar-refractivity contribution is 0.582. The lowest BCUT2D eigenvalue weighted by atomic mass is 10.3. The van der Waals surface area contributed by atoms with Crippen LogP contribution in [0.4, 0.5) is 0 Å². The fourth-order valence-electron chi connectivity index (χ4n) is 1.55. The average molecular weight is 233 g/mol. The molecule has 0 aromatic carbocycles. The van der Waals surface area contributed by atoms with Crippen molar-refractivity contribution in [3.8, 4) is 5.82 Å². The van der Waals surface area contributed by atoms with Crippen molar-refractivity contribution in [3.05, 3.63) is 30.5 Å². The highest BCUT2D eigenvalue weighted by molar-refractivity contribution is 5.21. The third-order valence-electron chi connectivity index (χ3n) is 2.54. The van der Waals surface area contributed by atoms with Gasteiger partial charge in [-0.2, -0.15) is 5.10 Å². The third-order valence-corrected chi connectivity index (χ3v) is 2.54. The summed E-state index contributed by atoms with van der Waals surface area (Å²) in [6.07, 6.45) is 5.79. The average Bonchev–Trinajstić information content (AvgIpc) is 2.94. The zero-order chi connectivity index (χ0) is 12.3. The largest absolute Gasteiger partial charge is 0.309 e. The number of aromatic nitrogens is 4. The van der Waals surface area contributed by atoms with Crippen LogP contribution >= 0.6 is 0 Å². The zero-order valence-electron chi connectivity index (χ0n) is 10.6. The molecular weight excluding hydrogens is 214 g/mol. The summed E-state index contributed by atoms with van der Waals surface area (Å²) in [5.74, 6) is 0.912. The minimum Gasteiger partial charge on any atom is -0.309 e. The predicted molar refractivity (Wildman–Crippen MR) is 67.0 cm³/mol. The molecule has 17 heavy (non-hydrogen) atoms. The van der Waals surface area contributed by atoms with Crippen LogP contribution in [0.5, 0.6) is 0 Å². The Morgan fingerprint density at radius 3 is 2.88 bits per heavy atom. The molecule has 0 radical (unpaired) electrons. The Morgan fingerprint density at radius 2 is 2.24 bits per heavy atom. The van der Waals surface area contributed by atoms with Crippen LogP contribution < -0.4 is 5.32 Å². The SMILES string of the molecule is CCn1ccc(-n2cnc(CNC(C)C)c2)n1. The number of hydrogen-bond donors (Lipinski definition) is 1. The molecule has 0 aliphatic rings. The van der Waals surface area contributed by atoms with Crippen LogP contribution in [0.2, 0.25) is 0 Å². The summed E-state index contributed by atoms with van der Waals surface area (Å²) >= 11 is 0. The summed E-state index contributed by atoms with van der Waals surface area (Å²) < 4.78 is 3.85. The molecule has 0 bridgehead atoms. The van der Waals surface area contributed by atoms with E-state index in [0.717, 1.165) is 24.6 Å². The van der Waals surface area contributed by atoms with Gasteiger partial charge < -0.3 is 5.32 Å². The number of nitrogens with zero attached hydrogens (tertiary/aromatic N) is 4. The first-order valence-electron chi connectivity index (χ1n) is 5.99. The van der Waals surface area contributed by atoms with Crippen LogP contribution in [0.25, 0.3) is 5.82 Å². The Bertz CT molecular complexity index is 469. The second-order valence-electron chi connectivity index (χ2n) is 4.34. The van der Waals surface area contributed by atoms with Gasteiger partial charge in [-0.15, -0.1) is 0 Å². The highest BCUT2D eigenvalue weighted by Gasteiger charge is 2.03. The number of rotatable bonds is 5. The molecule has 0 saturated heterocycles. The van der Waals surface area contributed by atoms with Crippen LogP contribution in [-0.2, 0) is 13.1 Å². The molecule has 92 valence electrons. The van der Waals surface area contributed by atoms with Crippen LogP contribution in [0, 0.1) is 0 Å². The molecule has 1 N–H and O–H groups in total. The fourth-order valence-corrected chi connectivity index (χ4v) is 1.55. The van der Waals surface area contributed by atoms with Crippen LogP contribution in [-0.4, -0.2) is 25.4 Å². The Labute approximate surface area is 101 Å². The molecule has 0 aliphatic carbocycles. The normalized spacial score (nSPS) is 11.3. The van der Waals surface area contributed by atoms with E-state index in [1.54, 1.807) is 6.33 Å². The molecule has 2 aromatic rings. The third kappa shape index (κ3) is 2.94. The second kappa shape index (κ2) is 5.14. The Morgan fingerprint density at radius 1 is 1.41 bits per heavy atom. The van der Waals surface area contributed by atoms with Gasteiger partial charge in [0.25, 0.3) is 0 Å². The van der Waals surface area contributed by atoms with Gasteiger partial charge in [-0.05, 0) is 6.92 Å². The van der Waals surface area contributed by atoms with Gasteiger partial charge in [-0.1, -0.05) is 13.8 Å². The summed E-state index contributed by atoms with van der Waals surface area (Å²) in [5, 5.41) is 7.77. The van der Waals surface area contributed by atoms with Crippen molar-refractivity contribution < 1.29 is 0 Å². The van der Waals surface area contributed by atoms with Gasteiger partial charge in [0.05, 0.1) is 5.69 Å². The summed E-state index contributed by atoms with van der Waals surface area (Å²) in [4.78, 5) is 4.35. The first kappa shape index (κ1) is 11.9. The molecule has 0 fully saturated rings. The quantitative estimate of drug-likeness (QED) is 0.853. The van der Waals surface area contributed by atoms with Crippen molar-refractivity contribution in [1.82, 2.24) is 24.6 Å². The summed E-state index contributed by atoms with van der Waals surface area (Å²) in [7, 11) is 0. The van der Waals surface area contributed by atoms with Crippen molar-refractivity contribution in [1.29, 1.82) is 0 Å². The van der Waals surface area contributed by atoms with E-state index >= 15 is 0 Å². The van der Waals surface area contributed by atoms with E-state index in [1.165, 1.54) is 0 Å². The van der Waals surface area contributed by atoms with Crippen molar-refractivity contribution in [2.75, 3.05) is 0 Å². The molecule has 5 nitrogen and oxygen atoms in total. The van der Waals surface area contributed by atoms with E-state index in [9.17, 15) is 0 Å². The lowest BCUT2D eigenvalue weighted by Gasteiger charge is -2.04. The topological polar surface area (TPSA) is 47.7 Å². The van der Waals surface area contributed by atoms with Gasteiger partial charge in [0.2, 0.25) is 0 Å². The van der Waals surface area contributed by atoms with Gasteiger partial charge >= 0.3 is 0 Å². The molecule has 0 amide bonds. The summed E-state index contributed by atoms with van der Waals surface area (Å²) in [6.45, 7) is 8.00. The van der Waals surface area contributed by atoms with Crippen LogP contribution in [0.15, 0.2) is 24.8 Å². The van der Waals surface area contributed by atoms with E-state index in [1.807, 2.05) is 27.7 Å². The van der Waals surface area contributed by atoms with Crippen molar-refractivity contribution in [2.24, 2.45) is 0 Å². The lowest BCUT2D eigenvalue weighted by Crippen LogP contribution is -2.21. The van der Waals surface area contributed by atoms with Gasteiger partial charge in [0.1, 0.15) is 6.33 Å². The minimum atomic E-state index is 0.472. The van der Waals surface area contributed by atoms with E-state index in [2.05, 4.69) is 36.2 Å². The van der Waals surface area contributed by atoms with Crippen molar-refractivity contribution >= 4 is 0 Å². The molecule has 0 aliphatic heterocycles. The maximum absolute atomic E-state index is 4.43. The van der Waals surface area contributed by atoms with E-state index in [-0.39, 0.29) is 0 Å². The number of imidazole rings is 1. The molecular formula is C12H19N5. The maximum atomic E-state index is 4.43. The van der Waals surface area contributed by atoms with Crippen LogP contribution in [0.3, 0.4) is 0 Å². The second-order valence-corrected chi connectivity index (χ2v) is 4.34. The Balaban J connectivity index is 2.07. The van der Waals surface area contributed by atoms with Crippen molar-refractivity contribution in [2.45, 2.75) is 39.9 Å². The Hall–Kier alpha value is -1.62. The van der Waals surface area contributed by atoms with Crippen LogP contribution in [0.1, 0.15) is 26.5 Å². The fraction of sp³-hybridized carbons (Fsp3) is 0.500. The molecule has 0 atom stereocenters. The molecule has 0 spiro atoms. The van der Waals surface area contributed by atoms with Crippen molar-refractivity contribution in [3.63, 3.8) is 0 Å². The van der Waals surface area contributed by atoms with E-state index in [4.69, 9.17) is 0 Å². The van der Waals surface area contributed by atoms with E-state index < -0.39 is 0 Å². The molecule has 5 heteroatoms. The first-order chi connectivity index (χ1) is 8.19. The number of hydrogen-bond acceptors (Lipinski definition) is 3. The summed E-state index contributed by atoms with van der Waals surface area (Å²) in [6, 6.07) is 2.46. The molecule has 2 rings (SSSR count). The van der Waals surface area contributed by atoms with Gasteiger partial charge in [-0.25, -0.2) is 4.98 Å². The molecule has 0 unspecified atom stereocenters. The molecule has 2 heterocycles. The zero-order valence-corrected chi connectivity index (χ0v) is 10.6. The Kier molecular flexibility index (Phi) is 3.58. The number of nitrogens with one attached hydrogen (secondary N) is 1. The monoisotopic (exact) mass is 233 g/mol. The molecule has 2 aromatic heterocycles. The smallest absolute Gasteiger partial charge is 0.159 e. The predicted octanol–water partition coefficient (Wildman–Crippen LogP) is 1.59. The molecule has 0 saturated carbocycles. The first-order valence-corrected chi connectivity index (χ1v) is 5.99. The highest BCUT2D eigenvalue weighted by Crippen LogP contribution is 2.06. The maximum Gasteiger partial charge on any atom is 0.159 e. The minimum absolute atomic E-state index is 0.472. The van der Waals surface area contributed by atoms with E-state index in [0.29, 0.717) is 6.04 Å². The van der Waals surface area contributed by atoms with Gasteiger partial charge in [0.15, 0.2) is 5.82 Å². The van der Waals surface area contributed by atoms with Gasteiger partial charge in [-0.3, -0.25) is 9.25 Å². The van der Waals surface area contributed by atoms with Gasteiger partial charge in [0, 0.05) is 37.6 Å². The summed E-state index contributed by atoms with van der Waals surface area (Å²) in [5.41, 5.74) is 1.03. The highest BCUT2D eigenvalue weighted by atomic mass is 15.3. The standard InChI is InChI=1S/C12H19N5/c1-4-17-6-5-12(15-17)16-8-11(14-9-16)7-13-10(2)3/h5-6,8-10,13H,4,7H2,1-3H3.